The van der Waals surface area contributed by atoms with Crippen molar-refractivity contribution in [2.24, 2.45) is 5.92 Å². The highest BCUT2D eigenvalue weighted by Gasteiger charge is 2.46. The van der Waals surface area contributed by atoms with Crippen molar-refractivity contribution >= 4 is 27.7 Å². The van der Waals surface area contributed by atoms with Crippen LogP contribution in [0.5, 0.6) is 0 Å². The van der Waals surface area contributed by atoms with Crippen LogP contribution in [-0.2, 0) is 16.0 Å². The van der Waals surface area contributed by atoms with Crippen LogP contribution in [0, 0.1) is 5.92 Å². The van der Waals surface area contributed by atoms with Gasteiger partial charge < -0.3 is 9.80 Å². The summed E-state index contributed by atoms with van der Waals surface area (Å²) in [5, 5.41) is 0. The molecule has 2 aliphatic rings. The minimum atomic E-state index is 0.109. The number of amides is 2. The Balaban J connectivity index is 1.20. The summed E-state index contributed by atoms with van der Waals surface area (Å²) in [5.41, 5.74) is 2.52. The predicted octanol–water partition coefficient (Wildman–Crippen LogP) is 4.25. The Hall–Kier alpha value is -2.14. The molecule has 0 N–H and O–H groups in total. The standard InChI is InChI=1S/C24H27BrN2O2/c25-20-10-5-9-19(16-20)21-17-22(21)24(29)27-14-12-26(13-15-27)23(28)11-4-8-18-6-2-1-3-7-18/h1-3,5-7,9-10,16,21-22H,4,8,11-15,17H2. The predicted molar refractivity (Wildman–Crippen MR) is 118 cm³/mol. The van der Waals surface area contributed by atoms with E-state index >= 15 is 0 Å². The maximum atomic E-state index is 12.8. The number of aryl methyl sites for hydroxylation is 1. The summed E-state index contributed by atoms with van der Waals surface area (Å²) in [5.74, 6) is 0.924. The molecule has 2 amide bonds. The van der Waals surface area contributed by atoms with Gasteiger partial charge in [-0.1, -0.05) is 58.4 Å². The van der Waals surface area contributed by atoms with Crippen molar-refractivity contribution in [3.05, 3.63) is 70.2 Å². The third-order valence-corrected chi connectivity index (χ3v) is 6.52. The van der Waals surface area contributed by atoms with Crippen molar-refractivity contribution in [3.8, 4) is 0 Å². The van der Waals surface area contributed by atoms with E-state index in [0.29, 0.717) is 38.5 Å². The molecule has 1 aliphatic carbocycles. The van der Waals surface area contributed by atoms with Gasteiger partial charge in [0.2, 0.25) is 11.8 Å². The van der Waals surface area contributed by atoms with Crippen LogP contribution in [0.1, 0.15) is 36.3 Å². The Bertz CT molecular complexity index is 862. The van der Waals surface area contributed by atoms with E-state index in [4.69, 9.17) is 0 Å². The van der Waals surface area contributed by atoms with Gasteiger partial charge in [0.25, 0.3) is 0 Å². The fourth-order valence-corrected chi connectivity index (χ4v) is 4.65. The lowest BCUT2D eigenvalue weighted by molar-refractivity contribution is -0.140. The van der Waals surface area contributed by atoms with Crippen molar-refractivity contribution in [1.29, 1.82) is 0 Å². The maximum Gasteiger partial charge on any atom is 0.226 e. The van der Waals surface area contributed by atoms with Crippen molar-refractivity contribution in [1.82, 2.24) is 9.80 Å². The van der Waals surface area contributed by atoms with Gasteiger partial charge in [0.1, 0.15) is 0 Å². The van der Waals surface area contributed by atoms with Gasteiger partial charge >= 0.3 is 0 Å². The van der Waals surface area contributed by atoms with Crippen LogP contribution in [-0.4, -0.2) is 47.8 Å². The molecule has 2 atom stereocenters. The highest BCUT2D eigenvalue weighted by atomic mass is 79.9. The largest absolute Gasteiger partial charge is 0.339 e. The summed E-state index contributed by atoms with van der Waals surface area (Å²) in [6, 6.07) is 18.6. The zero-order chi connectivity index (χ0) is 20.2. The number of rotatable bonds is 6. The summed E-state index contributed by atoms with van der Waals surface area (Å²) in [6.45, 7) is 2.63. The van der Waals surface area contributed by atoms with E-state index in [2.05, 4.69) is 40.2 Å². The fourth-order valence-electron chi connectivity index (χ4n) is 4.23. The summed E-state index contributed by atoms with van der Waals surface area (Å²) < 4.78 is 1.06. The molecule has 1 saturated heterocycles. The molecule has 1 heterocycles. The van der Waals surface area contributed by atoms with E-state index < -0.39 is 0 Å². The first-order valence-electron chi connectivity index (χ1n) is 10.5. The number of nitrogens with zero attached hydrogens (tertiary/aromatic N) is 2. The molecule has 2 unspecified atom stereocenters. The number of piperazine rings is 1. The highest BCUT2D eigenvalue weighted by Crippen LogP contribution is 2.48. The Kier molecular flexibility index (Phi) is 6.34. The summed E-state index contributed by atoms with van der Waals surface area (Å²) in [4.78, 5) is 29.2. The summed E-state index contributed by atoms with van der Waals surface area (Å²) >= 11 is 3.51. The number of hydrogen-bond acceptors (Lipinski definition) is 2. The third-order valence-electron chi connectivity index (χ3n) is 6.03. The van der Waals surface area contributed by atoms with Crippen LogP contribution in [0.15, 0.2) is 59.1 Å². The van der Waals surface area contributed by atoms with Crippen molar-refractivity contribution in [2.45, 2.75) is 31.6 Å². The van der Waals surface area contributed by atoms with E-state index in [1.807, 2.05) is 40.1 Å². The molecule has 2 fully saturated rings. The molecule has 1 aliphatic heterocycles. The molecular weight excluding hydrogens is 428 g/mol. The minimum Gasteiger partial charge on any atom is -0.339 e. The van der Waals surface area contributed by atoms with Crippen molar-refractivity contribution < 1.29 is 9.59 Å². The van der Waals surface area contributed by atoms with Crippen LogP contribution in [0.3, 0.4) is 0 Å². The average Bonchev–Trinajstić information content (AvgIpc) is 3.55. The van der Waals surface area contributed by atoms with Crippen LogP contribution in [0.4, 0.5) is 0 Å². The van der Waals surface area contributed by atoms with Crippen molar-refractivity contribution in [2.75, 3.05) is 26.2 Å². The molecule has 0 spiro atoms. The molecule has 0 aromatic heterocycles. The van der Waals surface area contributed by atoms with Crippen molar-refractivity contribution in [3.63, 3.8) is 0 Å². The molecule has 29 heavy (non-hydrogen) atoms. The Morgan fingerprint density at radius 3 is 2.38 bits per heavy atom. The topological polar surface area (TPSA) is 40.6 Å². The summed E-state index contributed by atoms with van der Waals surface area (Å²) in [6.07, 6.45) is 3.33. The molecule has 5 heteroatoms. The first-order valence-corrected chi connectivity index (χ1v) is 11.3. The second-order valence-electron chi connectivity index (χ2n) is 8.05. The Morgan fingerprint density at radius 1 is 0.931 bits per heavy atom. The van der Waals surface area contributed by atoms with Crippen LogP contribution < -0.4 is 0 Å². The fraction of sp³-hybridized carbons (Fsp3) is 0.417. The zero-order valence-corrected chi connectivity index (χ0v) is 18.2. The Morgan fingerprint density at radius 2 is 1.66 bits per heavy atom. The lowest BCUT2D eigenvalue weighted by Gasteiger charge is -2.35. The molecular formula is C24H27BrN2O2. The smallest absolute Gasteiger partial charge is 0.226 e. The SMILES string of the molecule is O=C(CCCc1ccccc1)N1CCN(C(=O)C2CC2c2cccc(Br)c2)CC1. The lowest BCUT2D eigenvalue weighted by atomic mass is 10.1. The zero-order valence-electron chi connectivity index (χ0n) is 16.6. The molecule has 152 valence electrons. The lowest BCUT2D eigenvalue weighted by Crippen LogP contribution is -2.51. The van der Waals surface area contributed by atoms with E-state index in [-0.39, 0.29) is 17.7 Å². The number of benzene rings is 2. The van der Waals surface area contributed by atoms with Crippen LogP contribution in [0.2, 0.25) is 0 Å². The second-order valence-corrected chi connectivity index (χ2v) is 8.96. The average molecular weight is 455 g/mol. The highest BCUT2D eigenvalue weighted by molar-refractivity contribution is 9.10. The number of halogens is 1. The van der Waals surface area contributed by atoms with Crippen LogP contribution >= 0.6 is 15.9 Å². The Labute approximate surface area is 181 Å². The van der Waals surface area contributed by atoms with Gasteiger partial charge in [0.15, 0.2) is 0 Å². The van der Waals surface area contributed by atoms with E-state index in [9.17, 15) is 9.59 Å². The molecule has 4 rings (SSSR count). The van der Waals surface area contributed by atoms with Gasteiger partial charge in [-0.05, 0) is 48.4 Å². The van der Waals surface area contributed by atoms with E-state index in [1.165, 1.54) is 11.1 Å². The molecule has 2 aromatic rings. The van der Waals surface area contributed by atoms with Crippen LogP contribution in [0.25, 0.3) is 0 Å². The number of carbonyl (C=O) groups is 2. The second kappa shape index (κ2) is 9.12. The minimum absolute atomic E-state index is 0.109. The quantitative estimate of drug-likeness (QED) is 0.654. The van der Waals surface area contributed by atoms with Gasteiger partial charge in [-0.3, -0.25) is 9.59 Å². The van der Waals surface area contributed by atoms with Gasteiger partial charge in [-0.15, -0.1) is 0 Å². The normalized spacial score (nSPS) is 21.1. The molecule has 2 aromatic carbocycles. The molecule has 0 radical (unpaired) electrons. The first kappa shape index (κ1) is 20.1. The maximum absolute atomic E-state index is 12.8. The number of carbonyl (C=O) groups excluding carboxylic acids is 2. The van der Waals surface area contributed by atoms with Gasteiger partial charge in [0, 0.05) is 43.0 Å². The van der Waals surface area contributed by atoms with E-state index in [1.54, 1.807) is 0 Å². The molecule has 4 nitrogen and oxygen atoms in total. The first-order chi connectivity index (χ1) is 14.1. The van der Waals surface area contributed by atoms with Gasteiger partial charge in [0.05, 0.1) is 0 Å². The third kappa shape index (κ3) is 5.08. The van der Waals surface area contributed by atoms with Gasteiger partial charge in [-0.2, -0.15) is 0 Å². The monoisotopic (exact) mass is 454 g/mol. The molecule has 0 bridgehead atoms. The molecule has 1 saturated carbocycles. The van der Waals surface area contributed by atoms with Gasteiger partial charge in [-0.25, -0.2) is 0 Å². The summed E-state index contributed by atoms with van der Waals surface area (Å²) in [7, 11) is 0. The van der Waals surface area contributed by atoms with E-state index in [0.717, 1.165) is 23.7 Å². The number of hydrogen-bond donors (Lipinski definition) is 0.